The Morgan fingerprint density at radius 1 is 1.17 bits per heavy atom. The molecule has 1 aliphatic carbocycles. The van der Waals surface area contributed by atoms with Crippen molar-refractivity contribution in [3.8, 4) is 0 Å². The summed E-state index contributed by atoms with van der Waals surface area (Å²) in [6, 6.07) is 0.617. The summed E-state index contributed by atoms with van der Waals surface area (Å²) in [5.74, 6) is 3.03. The number of aryl methyl sites for hydroxylation is 1. The highest BCUT2D eigenvalue weighted by Gasteiger charge is 2.40. The summed E-state index contributed by atoms with van der Waals surface area (Å²) in [6.07, 6.45) is 5.26. The number of nitrogens with zero attached hydrogens (tertiary/aromatic N) is 5. The van der Waals surface area contributed by atoms with Crippen LogP contribution >= 0.6 is 0 Å². The van der Waals surface area contributed by atoms with Crippen molar-refractivity contribution in [3.05, 3.63) is 11.6 Å². The molecule has 0 bridgehead atoms. The molecule has 1 saturated carbocycles. The van der Waals surface area contributed by atoms with Gasteiger partial charge >= 0.3 is 0 Å². The molecule has 0 radical (unpaired) electrons. The van der Waals surface area contributed by atoms with Crippen LogP contribution in [-0.4, -0.2) is 67.5 Å². The quantitative estimate of drug-likeness (QED) is 0.900. The molecule has 3 aliphatic rings. The van der Waals surface area contributed by atoms with Crippen molar-refractivity contribution in [1.82, 2.24) is 24.6 Å². The lowest BCUT2D eigenvalue weighted by atomic mass is 9.79. The minimum absolute atomic E-state index is 0.435. The van der Waals surface area contributed by atoms with Gasteiger partial charge in [-0.3, -0.25) is 9.80 Å². The molecule has 0 atom stereocenters. The highest BCUT2D eigenvalue weighted by atomic mass is 16.3. The van der Waals surface area contributed by atoms with E-state index < -0.39 is 5.60 Å². The average molecular weight is 333 g/mol. The molecule has 0 spiro atoms. The molecule has 0 unspecified atom stereocenters. The molecule has 1 saturated heterocycles. The van der Waals surface area contributed by atoms with Gasteiger partial charge in [0, 0.05) is 45.2 Å². The van der Waals surface area contributed by atoms with Crippen LogP contribution in [0.25, 0.3) is 0 Å². The molecule has 3 heterocycles. The Balaban J connectivity index is 1.27. The summed E-state index contributed by atoms with van der Waals surface area (Å²) < 4.78 is 2.29. The van der Waals surface area contributed by atoms with E-state index in [-0.39, 0.29) is 0 Å². The fourth-order valence-corrected chi connectivity index (χ4v) is 4.59. The average Bonchev–Trinajstić information content (AvgIpc) is 2.96. The summed E-state index contributed by atoms with van der Waals surface area (Å²) in [5, 5.41) is 19.5. The number of likely N-dealkylation sites (tertiary alicyclic amines) is 1. The summed E-state index contributed by atoms with van der Waals surface area (Å²) >= 11 is 0. The number of aromatic nitrogens is 3. The Hall–Kier alpha value is -0.980. The molecule has 1 aromatic rings. The molecular formula is C18H31N5O. The zero-order valence-corrected chi connectivity index (χ0v) is 15.1. The Morgan fingerprint density at radius 2 is 1.92 bits per heavy atom. The van der Waals surface area contributed by atoms with Gasteiger partial charge in [-0.2, -0.15) is 0 Å². The van der Waals surface area contributed by atoms with Gasteiger partial charge < -0.3 is 9.67 Å². The SMILES string of the molecule is CCc1nnc2n1CCN(C1CN(CC3(O)CCC(C)CC3)C1)C2. The minimum atomic E-state index is -0.435. The van der Waals surface area contributed by atoms with Crippen molar-refractivity contribution in [2.45, 2.75) is 70.7 Å². The van der Waals surface area contributed by atoms with Crippen LogP contribution in [-0.2, 0) is 19.5 Å². The van der Waals surface area contributed by atoms with Gasteiger partial charge in [0.25, 0.3) is 0 Å². The van der Waals surface area contributed by atoms with Gasteiger partial charge in [-0.25, -0.2) is 0 Å². The summed E-state index contributed by atoms with van der Waals surface area (Å²) in [4.78, 5) is 4.99. The second-order valence-electron chi connectivity index (χ2n) is 8.26. The van der Waals surface area contributed by atoms with E-state index in [1.807, 2.05) is 0 Å². The van der Waals surface area contributed by atoms with Crippen molar-refractivity contribution in [2.75, 3.05) is 26.2 Å². The smallest absolute Gasteiger partial charge is 0.147 e. The summed E-state index contributed by atoms with van der Waals surface area (Å²) in [6.45, 7) is 10.5. The van der Waals surface area contributed by atoms with Gasteiger partial charge in [0.15, 0.2) is 0 Å². The first-order valence-corrected chi connectivity index (χ1v) is 9.66. The first-order chi connectivity index (χ1) is 11.6. The van der Waals surface area contributed by atoms with Crippen molar-refractivity contribution in [2.24, 2.45) is 5.92 Å². The van der Waals surface area contributed by atoms with Crippen LogP contribution in [0.2, 0.25) is 0 Å². The molecule has 6 heteroatoms. The molecule has 134 valence electrons. The maximum absolute atomic E-state index is 10.8. The zero-order chi connectivity index (χ0) is 16.7. The zero-order valence-electron chi connectivity index (χ0n) is 15.1. The fraction of sp³-hybridized carbons (Fsp3) is 0.889. The van der Waals surface area contributed by atoms with Gasteiger partial charge in [0.1, 0.15) is 11.6 Å². The lowest BCUT2D eigenvalue weighted by Gasteiger charge is -2.49. The van der Waals surface area contributed by atoms with Gasteiger partial charge in [-0.15, -0.1) is 10.2 Å². The normalized spacial score (nSPS) is 32.5. The van der Waals surface area contributed by atoms with E-state index in [0.29, 0.717) is 6.04 Å². The van der Waals surface area contributed by atoms with E-state index in [9.17, 15) is 5.11 Å². The highest BCUT2D eigenvalue weighted by molar-refractivity contribution is 5.02. The number of rotatable bonds is 4. The molecule has 2 fully saturated rings. The van der Waals surface area contributed by atoms with Gasteiger partial charge in [-0.05, 0) is 31.6 Å². The molecular weight excluding hydrogens is 302 g/mol. The second kappa shape index (κ2) is 6.39. The molecule has 1 N–H and O–H groups in total. The van der Waals surface area contributed by atoms with Crippen molar-refractivity contribution >= 4 is 0 Å². The van der Waals surface area contributed by atoms with Crippen LogP contribution in [0.15, 0.2) is 0 Å². The van der Waals surface area contributed by atoms with Gasteiger partial charge in [-0.1, -0.05) is 13.8 Å². The van der Waals surface area contributed by atoms with Crippen LogP contribution < -0.4 is 0 Å². The second-order valence-corrected chi connectivity index (χ2v) is 8.26. The predicted octanol–water partition coefficient (Wildman–Crippen LogP) is 1.28. The van der Waals surface area contributed by atoms with Crippen LogP contribution in [0.1, 0.15) is 51.2 Å². The first kappa shape index (κ1) is 16.5. The lowest BCUT2D eigenvalue weighted by molar-refractivity contribution is -0.0716. The van der Waals surface area contributed by atoms with Crippen LogP contribution in [0.4, 0.5) is 0 Å². The molecule has 0 aromatic carbocycles. The van der Waals surface area contributed by atoms with E-state index in [4.69, 9.17) is 0 Å². The van der Waals surface area contributed by atoms with Gasteiger partial charge in [0.2, 0.25) is 0 Å². The van der Waals surface area contributed by atoms with E-state index >= 15 is 0 Å². The van der Waals surface area contributed by atoms with E-state index in [1.54, 1.807) is 0 Å². The Bertz CT molecular complexity index is 572. The van der Waals surface area contributed by atoms with Crippen LogP contribution in [0, 0.1) is 5.92 Å². The topological polar surface area (TPSA) is 57.4 Å². The predicted molar refractivity (Wildman–Crippen MR) is 92.6 cm³/mol. The maximum Gasteiger partial charge on any atom is 0.147 e. The minimum Gasteiger partial charge on any atom is -0.389 e. The summed E-state index contributed by atoms with van der Waals surface area (Å²) in [5.41, 5.74) is -0.435. The van der Waals surface area contributed by atoms with E-state index in [1.165, 1.54) is 12.8 Å². The fourth-order valence-electron chi connectivity index (χ4n) is 4.59. The molecule has 2 aliphatic heterocycles. The number of aliphatic hydroxyl groups is 1. The van der Waals surface area contributed by atoms with E-state index in [0.717, 1.165) is 76.1 Å². The van der Waals surface area contributed by atoms with Crippen molar-refractivity contribution < 1.29 is 5.11 Å². The maximum atomic E-state index is 10.8. The molecule has 24 heavy (non-hydrogen) atoms. The third-order valence-electron chi connectivity index (χ3n) is 6.35. The van der Waals surface area contributed by atoms with Crippen molar-refractivity contribution in [1.29, 1.82) is 0 Å². The third kappa shape index (κ3) is 3.11. The molecule has 1 aromatic heterocycles. The summed E-state index contributed by atoms with van der Waals surface area (Å²) in [7, 11) is 0. The standard InChI is InChI=1S/C18H31N5O/c1-3-16-19-20-17-12-22(8-9-23(16)17)15-10-21(11-15)13-18(24)6-4-14(2)5-7-18/h14-15,24H,3-13H2,1-2H3. The van der Waals surface area contributed by atoms with Crippen molar-refractivity contribution in [3.63, 3.8) is 0 Å². The Kier molecular flexibility index (Phi) is 4.39. The highest BCUT2D eigenvalue weighted by Crippen LogP contribution is 2.34. The monoisotopic (exact) mass is 333 g/mol. The molecule has 0 amide bonds. The number of fused-ring (bicyclic) bond motifs is 1. The lowest BCUT2D eigenvalue weighted by Crippen LogP contribution is -2.63. The Labute approximate surface area is 144 Å². The van der Waals surface area contributed by atoms with Crippen LogP contribution in [0.5, 0.6) is 0 Å². The number of hydrogen-bond donors (Lipinski definition) is 1. The van der Waals surface area contributed by atoms with E-state index in [2.05, 4.69) is 38.4 Å². The number of β-amino-alcohol motifs (C(OH)–C–C–N with tert-alkyl or cyclic N) is 1. The number of hydrogen-bond acceptors (Lipinski definition) is 5. The molecule has 6 nitrogen and oxygen atoms in total. The first-order valence-electron chi connectivity index (χ1n) is 9.66. The van der Waals surface area contributed by atoms with Crippen LogP contribution in [0.3, 0.4) is 0 Å². The van der Waals surface area contributed by atoms with Gasteiger partial charge in [0.05, 0.1) is 12.1 Å². The third-order valence-corrected chi connectivity index (χ3v) is 6.35. The Morgan fingerprint density at radius 3 is 2.62 bits per heavy atom. The largest absolute Gasteiger partial charge is 0.389 e. The molecule has 4 rings (SSSR count).